The van der Waals surface area contributed by atoms with Crippen molar-refractivity contribution in [3.05, 3.63) is 42.5 Å². The number of carbonyl (C=O) groups excluding carboxylic acids is 2. The molecule has 1 saturated heterocycles. The first-order valence-electron chi connectivity index (χ1n) is 8.25. The number of pyridine rings is 1. The lowest BCUT2D eigenvalue weighted by Crippen LogP contribution is -2.58. The molecule has 0 atom stereocenters. The Bertz CT molecular complexity index is 786. The molecule has 7 nitrogen and oxygen atoms in total. The van der Waals surface area contributed by atoms with Gasteiger partial charge in [0.2, 0.25) is 0 Å². The maximum Gasteiger partial charge on any atom is 0.312 e. The summed E-state index contributed by atoms with van der Waals surface area (Å²) in [6.07, 6.45) is 6.45. The Morgan fingerprint density at radius 2 is 2.00 bits per heavy atom. The van der Waals surface area contributed by atoms with Crippen LogP contribution in [0.1, 0.15) is 18.5 Å². The Hall–Kier alpha value is -2.77. The van der Waals surface area contributed by atoms with Crippen LogP contribution in [0, 0.1) is 0 Å². The molecular formula is C17H18FN5O2. The standard InChI is InChI=1S/C17H18FN5O2/c18-12-17(4-5-17)22-9-8-21(15(24)16(22)25)11-13-2-3-14(10-19-13)23-7-1-6-20-23/h1-3,6-7,10H,4-5,8-9,11-12H2. The van der Waals surface area contributed by atoms with Crippen LogP contribution in [0.5, 0.6) is 0 Å². The van der Waals surface area contributed by atoms with E-state index in [1.54, 1.807) is 17.1 Å². The normalized spacial score (nSPS) is 19.4. The fourth-order valence-corrected chi connectivity index (χ4v) is 3.16. The summed E-state index contributed by atoms with van der Waals surface area (Å²) in [6.45, 7) is 0.456. The van der Waals surface area contributed by atoms with Crippen molar-refractivity contribution < 1.29 is 14.0 Å². The van der Waals surface area contributed by atoms with Crippen molar-refractivity contribution in [1.29, 1.82) is 0 Å². The van der Waals surface area contributed by atoms with Crippen molar-refractivity contribution in [3.63, 3.8) is 0 Å². The summed E-state index contributed by atoms with van der Waals surface area (Å²) in [5, 5.41) is 4.13. The minimum absolute atomic E-state index is 0.264. The zero-order chi connectivity index (χ0) is 17.4. The lowest BCUT2D eigenvalue weighted by molar-refractivity contribution is -0.159. The van der Waals surface area contributed by atoms with Crippen molar-refractivity contribution >= 4 is 11.8 Å². The van der Waals surface area contributed by atoms with Crippen LogP contribution >= 0.6 is 0 Å². The Balaban J connectivity index is 1.43. The molecule has 25 heavy (non-hydrogen) atoms. The van der Waals surface area contributed by atoms with Gasteiger partial charge >= 0.3 is 11.8 Å². The van der Waals surface area contributed by atoms with Gasteiger partial charge in [-0.25, -0.2) is 9.07 Å². The average Bonchev–Trinajstić information content (AvgIpc) is 3.23. The molecule has 0 radical (unpaired) electrons. The van der Waals surface area contributed by atoms with E-state index in [9.17, 15) is 14.0 Å². The highest BCUT2D eigenvalue weighted by Crippen LogP contribution is 2.42. The molecule has 0 bridgehead atoms. The molecule has 2 aromatic heterocycles. The fraction of sp³-hybridized carbons (Fsp3) is 0.412. The zero-order valence-corrected chi connectivity index (χ0v) is 13.6. The lowest BCUT2D eigenvalue weighted by Gasteiger charge is -2.37. The number of hydrogen-bond donors (Lipinski definition) is 0. The molecule has 0 unspecified atom stereocenters. The first-order chi connectivity index (χ1) is 12.1. The smallest absolute Gasteiger partial charge is 0.312 e. The largest absolute Gasteiger partial charge is 0.327 e. The second kappa shape index (κ2) is 5.94. The van der Waals surface area contributed by atoms with Gasteiger partial charge in [0, 0.05) is 25.5 Å². The van der Waals surface area contributed by atoms with Crippen molar-refractivity contribution in [3.8, 4) is 5.69 Å². The van der Waals surface area contributed by atoms with Gasteiger partial charge < -0.3 is 9.80 Å². The van der Waals surface area contributed by atoms with Gasteiger partial charge in [0.05, 0.1) is 29.7 Å². The number of piperazine rings is 1. The van der Waals surface area contributed by atoms with E-state index in [4.69, 9.17) is 0 Å². The lowest BCUT2D eigenvalue weighted by atomic mass is 10.1. The van der Waals surface area contributed by atoms with E-state index in [0.29, 0.717) is 31.6 Å². The Labute approximate surface area is 144 Å². The number of nitrogens with zero attached hydrogens (tertiary/aromatic N) is 5. The molecule has 1 saturated carbocycles. The Morgan fingerprint density at radius 1 is 1.16 bits per heavy atom. The van der Waals surface area contributed by atoms with E-state index in [0.717, 1.165) is 5.69 Å². The molecule has 1 aliphatic carbocycles. The molecule has 0 N–H and O–H groups in total. The van der Waals surface area contributed by atoms with Gasteiger partial charge in [-0.15, -0.1) is 0 Å². The number of hydrogen-bond acceptors (Lipinski definition) is 4. The molecule has 8 heteroatoms. The average molecular weight is 343 g/mol. The van der Waals surface area contributed by atoms with Crippen LogP contribution in [0.4, 0.5) is 4.39 Å². The third kappa shape index (κ3) is 2.77. The molecular weight excluding hydrogens is 325 g/mol. The minimum atomic E-state index is -0.720. The van der Waals surface area contributed by atoms with Crippen LogP contribution in [0.15, 0.2) is 36.8 Å². The van der Waals surface area contributed by atoms with Crippen LogP contribution in [0.2, 0.25) is 0 Å². The third-order valence-corrected chi connectivity index (χ3v) is 4.89. The SMILES string of the molecule is O=C1C(=O)N(C2(CF)CC2)CCN1Cc1ccc(-n2cccn2)cn1. The van der Waals surface area contributed by atoms with E-state index in [2.05, 4.69) is 10.1 Å². The van der Waals surface area contributed by atoms with E-state index >= 15 is 0 Å². The zero-order valence-electron chi connectivity index (χ0n) is 13.6. The van der Waals surface area contributed by atoms with Crippen molar-refractivity contribution in [2.75, 3.05) is 19.8 Å². The summed E-state index contributed by atoms with van der Waals surface area (Å²) in [4.78, 5) is 31.9. The summed E-state index contributed by atoms with van der Waals surface area (Å²) < 4.78 is 14.9. The molecule has 130 valence electrons. The van der Waals surface area contributed by atoms with Crippen LogP contribution in [-0.4, -0.2) is 61.7 Å². The Morgan fingerprint density at radius 3 is 2.60 bits per heavy atom. The van der Waals surface area contributed by atoms with Crippen molar-refractivity contribution in [2.45, 2.75) is 24.9 Å². The summed E-state index contributed by atoms with van der Waals surface area (Å²) in [5.74, 6) is -1.18. The molecule has 4 rings (SSSR count). The van der Waals surface area contributed by atoms with Crippen LogP contribution in [0.3, 0.4) is 0 Å². The summed E-state index contributed by atoms with van der Waals surface area (Å²) in [7, 11) is 0. The highest BCUT2D eigenvalue weighted by Gasteiger charge is 2.53. The maximum atomic E-state index is 13.2. The number of amides is 2. The van der Waals surface area contributed by atoms with Crippen molar-refractivity contribution in [1.82, 2.24) is 24.6 Å². The fourth-order valence-electron chi connectivity index (χ4n) is 3.16. The number of halogens is 1. The van der Waals surface area contributed by atoms with Gasteiger partial charge in [0.25, 0.3) is 0 Å². The second-order valence-electron chi connectivity index (χ2n) is 6.50. The quantitative estimate of drug-likeness (QED) is 0.758. The van der Waals surface area contributed by atoms with Gasteiger partial charge in [0.15, 0.2) is 0 Å². The molecule has 0 aromatic carbocycles. The topological polar surface area (TPSA) is 71.3 Å². The monoisotopic (exact) mass is 343 g/mol. The molecule has 2 aromatic rings. The number of rotatable bonds is 5. The van der Waals surface area contributed by atoms with Gasteiger partial charge in [-0.1, -0.05) is 0 Å². The second-order valence-corrected chi connectivity index (χ2v) is 6.50. The highest BCUT2D eigenvalue weighted by molar-refractivity contribution is 6.35. The molecule has 0 spiro atoms. The predicted octanol–water partition coefficient (Wildman–Crippen LogP) is 0.940. The van der Waals surface area contributed by atoms with Gasteiger partial charge in [0.1, 0.15) is 6.67 Å². The molecule has 2 amide bonds. The van der Waals surface area contributed by atoms with Gasteiger partial charge in [-0.2, -0.15) is 5.10 Å². The Kier molecular flexibility index (Phi) is 3.74. The van der Waals surface area contributed by atoms with Gasteiger partial charge in [-0.3, -0.25) is 14.6 Å². The van der Waals surface area contributed by atoms with Gasteiger partial charge in [-0.05, 0) is 31.0 Å². The summed E-state index contributed by atoms with van der Waals surface area (Å²) in [5.41, 5.74) is 0.791. The van der Waals surface area contributed by atoms with Crippen LogP contribution in [0.25, 0.3) is 5.69 Å². The van der Waals surface area contributed by atoms with E-state index < -0.39 is 24.0 Å². The highest BCUT2D eigenvalue weighted by atomic mass is 19.1. The third-order valence-electron chi connectivity index (χ3n) is 4.89. The first-order valence-corrected chi connectivity index (χ1v) is 8.25. The summed E-state index contributed by atoms with van der Waals surface area (Å²) >= 11 is 0. The molecule has 1 aliphatic heterocycles. The summed E-state index contributed by atoms with van der Waals surface area (Å²) in [6, 6.07) is 5.49. The minimum Gasteiger partial charge on any atom is -0.327 e. The molecule has 2 fully saturated rings. The van der Waals surface area contributed by atoms with E-state index in [1.165, 1.54) is 9.80 Å². The number of alkyl halides is 1. The molecule has 2 aliphatic rings. The molecule has 3 heterocycles. The first kappa shape index (κ1) is 15.7. The van der Waals surface area contributed by atoms with Crippen LogP contribution < -0.4 is 0 Å². The van der Waals surface area contributed by atoms with Crippen LogP contribution in [-0.2, 0) is 16.1 Å². The maximum absolute atomic E-state index is 13.2. The van der Waals surface area contributed by atoms with E-state index in [1.807, 2.05) is 24.4 Å². The number of carbonyl (C=O) groups is 2. The predicted molar refractivity (Wildman–Crippen MR) is 86.4 cm³/mol. The van der Waals surface area contributed by atoms with E-state index in [-0.39, 0.29) is 6.54 Å². The number of aromatic nitrogens is 3. The van der Waals surface area contributed by atoms with Crippen molar-refractivity contribution in [2.24, 2.45) is 0 Å².